The van der Waals surface area contributed by atoms with Crippen molar-refractivity contribution in [1.82, 2.24) is 9.55 Å². The maximum absolute atomic E-state index is 11.8. The zero-order valence-electron chi connectivity index (χ0n) is 8.71. The van der Waals surface area contributed by atoms with Gasteiger partial charge in [-0.15, -0.1) is 0 Å². The minimum Gasteiger partial charge on any atom is -0.297 e. The molecule has 0 aliphatic heterocycles. The first kappa shape index (κ1) is 10.5. The number of hydrogen-bond donors (Lipinski definition) is 1. The highest BCUT2D eigenvalue weighted by atomic mass is 35.5. The molecule has 1 aliphatic rings. The summed E-state index contributed by atoms with van der Waals surface area (Å²) in [5.74, 6) is 0.462. The molecule has 1 N–H and O–H groups in total. The van der Waals surface area contributed by atoms with E-state index < -0.39 is 5.69 Å². The zero-order chi connectivity index (χ0) is 11.2. The molecule has 15 heavy (non-hydrogen) atoms. The number of nitrogens with zero attached hydrogens (tertiary/aromatic N) is 1. The molecule has 1 unspecified atom stereocenters. The fourth-order valence-corrected chi connectivity index (χ4v) is 1.94. The molecule has 0 amide bonds. The van der Waals surface area contributed by atoms with E-state index in [0.29, 0.717) is 11.5 Å². The van der Waals surface area contributed by atoms with Gasteiger partial charge in [0.25, 0.3) is 5.56 Å². The van der Waals surface area contributed by atoms with Crippen molar-refractivity contribution >= 4 is 11.6 Å². The average Bonchev–Trinajstić information content (AvgIpc) is 2.97. The van der Waals surface area contributed by atoms with Gasteiger partial charge in [0.1, 0.15) is 5.15 Å². The monoisotopic (exact) mass is 228 g/mol. The summed E-state index contributed by atoms with van der Waals surface area (Å²) in [6, 6.07) is -0.0304. The predicted molar refractivity (Wildman–Crippen MR) is 58.5 cm³/mol. The van der Waals surface area contributed by atoms with E-state index >= 15 is 0 Å². The van der Waals surface area contributed by atoms with Gasteiger partial charge in [0.15, 0.2) is 0 Å². The molecule has 1 fully saturated rings. The van der Waals surface area contributed by atoms with Gasteiger partial charge < -0.3 is 0 Å². The van der Waals surface area contributed by atoms with Crippen LogP contribution in [0, 0.1) is 12.8 Å². The normalized spacial score (nSPS) is 17.8. The van der Waals surface area contributed by atoms with Crippen LogP contribution in [0.5, 0.6) is 0 Å². The van der Waals surface area contributed by atoms with Crippen molar-refractivity contribution in [2.45, 2.75) is 32.7 Å². The molecule has 0 spiro atoms. The minimum atomic E-state index is -0.407. The number of hydrogen-bond acceptors (Lipinski definition) is 2. The molecule has 2 rings (SSSR count). The van der Waals surface area contributed by atoms with Crippen LogP contribution in [0.15, 0.2) is 9.59 Å². The van der Waals surface area contributed by atoms with E-state index in [0.717, 1.165) is 12.8 Å². The lowest BCUT2D eigenvalue weighted by Crippen LogP contribution is -2.39. The van der Waals surface area contributed by atoms with Gasteiger partial charge in [-0.2, -0.15) is 0 Å². The molecule has 0 saturated heterocycles. The molecule has 5 heteroatoms. The van der Waals surface area contributed by atoms with Crippen LogP contribution in [0.2, 0.25) is 5.15 Å². The van der Waals surface area contributed by atoms with Gasteiger partial charge in [-0.05, 0) is 32.6 Å². The van der Waals surface area contributed by atoms with Gasteiger partial charge in [0.2, 0.25) is 0 Å². The van der Waals surface area contributed by atoms with Gasteiger partial charge in [-0.3, -0.25) is 14.3 Å². The number of aromatic nitrogens is 2. The highest BCUT2D eigenvalue weighted by molar-refractivity contribution is 6.30. The molecule has 0 aromatic carbocycles. The highest BCUT2D eigenvalue weighted by Gasteiger charge is 2.31. The Kier molecular flexibility index (Phi) is 2.46. The van der Waals surface area contributed by atoms with Gasteiger partial charge in [0.05, 0.1) is 0 Å². The second-order valence-electron chi connectivity index (χ2n) is 4.12. The largest absolute Gasteiger partial charge is 0.329 e. The summed E-state index contributed by atoms with van der Waals surface area (Å²) >= 11 is 5.72. The van der Waals surface area contributed by atoms with E-state index in [9.17, 15) is 9.59 Å². The van der Waals surface area contributed by atoms with Crippen molar-refractivity contribution in [3.05, 3.63) is 31.6 Å². The van der Waals surface area contributed by atoms with E-state index in [1.165, 1.54) is 4.57 Å². The van der Waals surface area contributed by atoms with Crippen molar-refractivity contribution in [3.63, 3.8) is 0 Å². The molecule has 0 bridgehead atoms. The van der Waals surface area contributed by atoms with Crippen LogP contribution in [0.4, 0.5) is 0 Å². The number of rotatable bonds is 2. The quantitative estimate of drug-likeness (QED) is 0.780. The minimum absolute atomic E-state index is 0.0304. The molecular formula is C10H13ClN2O2. The third kappa shape index (κ3) is 1.74. The van der Waals surface area contributed by atoms with Crippen molar-refractivity contribution in [1.29, 1.82) is 0 Å². The van der Waals surface area contributed by atoms with Gasteiger partial charge >= 0.3 is 5.69 Å². The van der Waals surface area contributed by atoms with E-state index in [-0.39, 0.29) is 16.8 Å². The number of H-pyrrole nitrogens is 1. The topological polar surface area (TPSA) is 54.9 Å². The Labute approximate surface area is 91.9 Å². The van der Waals surface area contributed by atoms with Gasteiger partial charge in [-0.25, -0.2) is 4.79 Å². The number of halogens is 1. The van der Waals surface area contributed by atoms with Crippen LogP contribution in [0.3, 0.4) is 0 Å². The summed E-state index contributed by atoms with van der Waals surface area (Å²) in [4.78, 5) is 25.9. The molecular weight excluding hydrogens is 216 g/mol. The van der Waals surface area contributed by atoms with E-state index in [2.05, 4.69) is 4.98 Å². The van der Waals surface area contributed by atoms with Crippen LogP contribution in [0.1, 0.15) is 31.4 Å². The second-order valence-corrected chi connectivity index (χ2v) is 4.50. The third-order valence-electron chi connectivity index (χ3n) is 3.02. The molecule has 82 valence electrons. The Hall–Kier alpha value is -1.03. The van der Waals surface area contributed by atoms with Crippen molar-refractivity contribution in [2.75, 3.05) is 0 Å². The Bertz CT molecular complexity index is 499. The van der Waals surface area contributed by atoms with Gasteiger partial charge in [0, 0.05) is 11.6 Å². The SMILES string of the molecule is Cc1c(Cl)[nH]c(=O)n(C(C)C2CC2)c1=O. The molecule has 1 saturated carbocycles. The summed E-state index contributed by atoms with van der Waals surface area (Å²) in [7, 11) is 0. The van der Waals surface area contributed by atoms with Crippen molar-refractivity contribution < 1.29 is 0 Å². The third-order valence-corrected chi connectivity index (χ3v) is 3.39. The van der Waals surface area contributed by atoms with E-state index in [1.54, 1.807) is 6.92 Å². The zero-order valence-corrected chi connectivity index (χ0v) is 9.47. The molecule has 4 nitrogen and oxygen atoms in total. The smallest absolute Gasteiger partial charge is 0.297 e. The number of nitrogens with one attached hydrogen (secondary N) is 1. The fraction of sp³-hybridized carbons (Fsp3) is 0.600. The lowest BCUT2D eigenvalue weighted by molar-refractivity contribution is 0.449. The molecule has 0 radical (unpaired) electrons. The summed E-state index contributed by atoms with van der Waals surface area (Å²) in [5, 5.41) is 0.143. The molecule has 1 aliphatic carbocycles. The molecule has 1 atom stereocenters. The first-order chi connectivity index (χ1) is 7.02. The predicted octanol–water partition coefficient (Wildman–Crippen LogP) is 1.47. The standard InChI is InChI=1S/C10H13ClN2O2/c1-5-8(11)12-10(15)13(9(5)14)6(2)7-3-4-7/h6-7H,3-4H2,1-2H3,(H,12,15). The average molecular weight is 229 g/mol. The van der Waals surface area contributed by atoms with Crippen LogP contribution in [-0.4, -0.2) is 9.55 Å². The van der Waals surface area contributed by atoms with Gasteiger partial charge in [-0.1, -0.05) is 11.6 Å². The molecule has 1 heterocycles. The number of aromatic amines is 1. The summed E-state index contributed by atoms with van der Waals surface area (Å²) in [6.07, 6.45) is 2.18. The molecule has 1 aromatic rings. The first-order valence-electron chi connectivity index (χ1n) is 5.03. The summed E-state index contributed by atoms with van der Waals surface area (Å²) in [6.45, 7) is 3.53. The second kappa shape index (κ2) is 3.52. The Morgan fingerprint density at radius 2 is 2.07 bits per heavy atom. The lowest BCUT2D eigenvalue weighted by Gasteiger charge is -2.13. The van der Waals surface area contributed by atoms with Crippen molar-refractivity contribution in [3.8, 4) is 0 Å². The van der Waals surface area contributed by atoms with E-state index in [1.807, 2.05) is 6.92 Å². The van der Waals surface area contributed by atoms with E-state index in [4.69, 9.17) is 11.6 Å². The fourth-order valence-electron chi connectivity index (χ4n) is 1.77. The van der Waals surface area contributed by atoms with Crippen LogP contribution in [0.25, 0.3) is 0 Å². The Morgan fingerprint density at radius 3 is 2.60 bits per heavy atom. The summed E-state index contributed by atoms with van der Waals surface area (Å²) < 4.78 is 1.28. The van der Waals surface area contributed by atoms with Crippen LogP contribution in [-0.2, 0) is 0 Å². The maximum Gasteiger partial charge on any atom is 0.329 e. The first-order valence-corrected chi connectivity index (χ1v) is 5.41. The lowest BCUT2D eigenvalue weighted by atomic mass is 10.2. The maximum atomic E-state index is 11.8. The summed E-state index contributed by atoms with van der Waals surface area (Å²) in [5.41, 5.74) is -0.276. The van der Waals surface area contributed by atoms with Crippen LogP contribution < -0.4 is 11.2 Å². The Morgan fingerprint density at radius 1 is 1.47 bits per heavy atom. The Balaban J connectivity index is 2.60. The van der Waals surface area contributed by atoms with Crippen molar-refractivity contribution in [2.24, 2.45) is 5.92 Å². The highest BCUT2D eigenvalue weighted by Crippen LogP contribution is 2.38. The molecule has 1 aromatic heterocycles. The van der Waals surface area contributed by atoms with Crippen LogP contribution >= 0.6 is 11.6 Å².